The fourth-order valence-electron chi connectivity index (χ4n) is 4.83. The minimum absolute atomic E-state index is 0.0211. The van der Waals surface area contributed by atoms with Crippen LogP contribution in [0.25, 0.3) is 0 Å². The van der Waals surface area contributed by atoms with Gasteiger partial charge in [-0.1, -0.05) is 151 Å². The van der Waals surface area contributed by atoms with Gasteiger partial charge >= 0.3 is 19.8 Å². The number of ether oxygens (including phenoxy) is 2. The van der Waals surface area contributed by atoms with Crippen LogP contribution in [0.1, 0.15) is 129 Å². The summed E-state index contributed by atoms with van der Waals surface area (Å²) in [6, 6.07) is 0. The highest BCUT2D eigenvalue weighted by molar-refractivity contribution is 7.47. The predicted octanol–water partition coefficient (Wildman–Crippen LogP) is 8.65. The topological polar surface area (TPSA) is 175 Å². The van der Waals surface area contributed by atoms with Crippen molar-refractivity contribution in [1.82, 2.24) is 0 Å². The lowest BCUT2D eigenvalue weighted by Crippen LogP contribution is -2.29. The molecule has 0 fully saturated rings. The van der Waals surface area contributed by atoms with E-state index in [0.29, 0.717) is 32.1 Å². The minimum atomic E-state index is -4.42. The normalized spacial score (nSPS) is 15.4. The number of nitrogens with two attached hydrogens (primary N) is 1. The van der Waals surface area contributed by atoms with E-state index in [1.165, 1.54) is 44.9 Å². The second-order valence-corrected chi connectivity index (χ2v) is 14.3. The van der Waals surface area contributed by atoms with Crippen LogP contribution in [0.15, 0.2) is 72.9 Å². The van der Waals surface area contributed by atoms with Gasteiger partial charge in [0, 0.05) is 19.4 Å². The van der Waals surface area contributed by atoms with Crippen molar-refractivity contribution in [3.63, 3.8) is 0 Å². The van der Waals surface area contributed by atoms with Crippen molar-refractivity contribution in [2.75, 3.05) is 26.4 Å². The van der Waals surface area contributed by atoms with Crippen LogP contribution in [0.2, 0.25) is 0 Å². The van der Waals surface area contributed by atoms with Gasteiger partial charge in [0.05, 0.1) is 25.4 Å². The van der Waals surface area contributed by atoms with E-state index in [4.69, 9.17) is 24.3 Å². The van der Waals surface area contributed by atoms with Crippen LogP contribution in [0.5, 0.6) is 0 Å². The molecule has 0 radical (unpaired) electrons. The Morgan fingerprint density at radius 1 is 0.679 bits per heavy atom. The molecule has 0 saturated carbocycles. The highest BCUT2D eigenvalue weighted by Crippen LogP contribution is 2.43. The summed E-state index contributed by atoms with van der Waals surface area (Å²) in [6.45, 7) is 3.29. The van der Waals surface area contributed by atoms with Crippen molar-refractivity contribution < 1.29 is 47.8 Å². The molecule has 11 nitrogen and oxygen atoms in total. The van der Waals surface area contributed by atoms with Gasteiger partial charge in [0.1, 0.15) is 6.61 Å². The lowest BCUT2D eigenvalue weighted by Gasteiger charge is -2.19. The molecule has 5 N–H and O–H groups in total. The number of unbranched alkanes of at least 4 members (excludes halogenated alkanes) is 10. The average molecular weight is 768 g/mol. The Morgan fingerprint density at radius 2 is 1.25 bits per heavy atom. The Bertz CT molecular complexity index is 1130. The second-order valence-electron chi connectivity index (χ2n) is 12.8. The number of phosphoric acid groups is 1. The summed E-state index contributed by atoms with van der Waals surface area (Å²) >= 11 is 0. The first-order valence-electron chi connectivity index (χ1n) is 19.6. The molecule has 0 aliphatic heterocycles. The number of aliphatic hydroxyl groups is 2. The van der Waals surface area contributed by atoms with Crippen LogP contribution in [0.3, 0.4) is 0 Å². The van der Waals surface area contributed by atoms with Crippen molar-refractivity contribution in [1.29, 1.82) is 0 Å². The van der Waals surface area contributed by atoms with Crippen molar-refractivity contribution in [3.05, 3.63) is 72.9 Å². The van der Waals surface area contributed by atoms with E-state index < -0.39 is 44.7 Å². The van der Waals surface area contributed by atoms with Crippen molar-refractivity contribution in [2.24, 2.45) is 5.73 Å². The summed E-state index contributed by atoms with van der Waals surface area (Å²) in [5.41, 5.74) is 5.32. The third kappa shape index (κ3) is 36.1. The highest BCUT2D eigenvalue weighted by atomic mass is 31.2. The van der Waals surface area contributed by atoms with Gasteiger partial charge in [-0.15, -0.1) is 0 Å². The van der Waals surface area contributed by atoms with Gasteiger partial charge in [-0.2, -0.15) is 0 Å². The molecule has 12 heteroatoms. The maximum absolute atomic E-state index is 12.5. The Hall–Kier alpha value is -2.63. The summed E-state index contributed by atoms with van der Waals surface area (Å²) in [5, 5.41) is 19.9. The van der Waals surface area contributed by atoms with E-state index in [1.807, 2.05) is 43.4 Å². The molecular formula is C41H70NO10P. The predicted molar refractivity (Wildman–Crippen MR) is 213 cm³/mol. The van der Waals surface area contributed by atoms with Gasteiger partial charge in [0.15, 0.2) is 6.10 Å². The van der Waals surface area contributed by atoms with Crippen molar-refractivity contribution in [2.45, 2.75) is 148 Å². The van der Waals surface area contributed by atoms with Crippen LogP contribution >= 0.6 is 7.82 Å². The molecule has 0 aliphatic carbocycles. The monoisotopic (exact) mass is 767 g/mol. The number of carbonyl (C=O) groups excluding carboxylic acids is 2. The van der Waals surface area contributed by atoms with E-state index in [0.717, 1.165) is 25.7 Å². The third-order valence-electron chi connectivity index (χ3n) is 7.79. The summed E-state index contributed by atoms with van der Waals surface area (Å²) in [4.78, 5) is 34.7. The van der Waals surface area contributed by atoms with Crippen molar-refractivity contribution in [3.8, 4) is 0 Å². The second kappa shape index (κ2) is 36.4. The largest absolute Gasteiger partial charge is 0.472 e. The standard InChI is InChI=1S/C41H70NO10P/c1-3-5-7-8-9-10-11-12-13-17-25-31-40(45)49-35-39(36-51-53(47,48)50-34-33-42)52-41(46)32-26-18-15-14-16-22-28-38(44)30-24-20-19-23-29-37(43)27-21-6-4-2/h6,15-16,18-24,29-30,37-39,43-44H,3-5,7-14,17,25-28,31-36,42H2,1-2H3,(H,47,48)/b18-15-,20-19-,21-6-,22-16-,29-23+,30-24+/t37-,38+,39+/m0/s1. The maximum Gasteiger partial charge on any atom is 0.472 e. The van der Waals surface area contributed by atoms with Crippen LogP contribution in [-0.4, -0.2) is 71.7 Å². The van der Waals surface area contributed by atoms with Gasteiger partial charge in [-0.25, -0.2) is 4.57 Å². The highest BCUT2D eigenvalue weighted by Gasteiger charge is 2.25. The van der Waals surface area contributed by atoms with Gasteiger partial charge in [-0.3, -0.25) is 18.6 Å². The van der Waals surface area contributed by atoms with Gasteiger partial charge in [-0.05, 0) is 38.5 Å². The summed E-state index contributed by atoms with van der Waals surface area (Å²) < 4.78 is 32.5. The molecular weight excluding hydrogens is 697 g/mol. The Balaban J connectivity index is 4.49. The molecule has 0 aliphatic rings. The molecule has 0 aromatic rings. The molecule has 1 unspecified atom stereocenters. The molecule has 4 atom stereocenters. The first-order valence-corrected chi connectivity index (χ1v) is 21.1. The van der Waals surface area contributed by atoms with Crippen LogP contribution in [0, 0.1) is 0 Å². The van der Waals surface area contributed by atoms with E-state index >= 15 is 0 Å². The lowest BCUT2D eigenvalue weighted by atomic mass is 10.1. The van der Waals surface area contributed by atoms with Crippen molar-refractivity contribution >= 4 is 19.8 Å². The summed E-state index contributed by atoms with van der Waals surface area (Å²) in [7, 11) is -4.42. The van der Waals surface area contributed by atoms with Gasteiger partial charge < -0.3 is 30.3 Å². The number of hydrogen-bond donors (Lipinski definition) is 4. The van der Waals surface area contributed by atoms with E-state index in [2.05, 4.69) is 6.92 Å². The number of esters is 2. The van der Waals surface area contributed by atoms with E-state index in [9.17, 15) is 29.3 Å². The number of carbonyl (C=O) groups is 2. The van der Waals surface area contributed by atoms with Gasteiger partial charge in [0.2, 0.25) is 0 Å². The Labute approximate surface area is 319 Å². The number of phosphoric ester groups is 1. The molecule has 0 bridgehead atoms. The first-order chi connectivity index (χ1) is 25.6. The molecule has 0 rings (SSSR count). The maximum atomic E-state index is 12.5. The van der Waals surface area contributed by atoms with Crippen LogP contribution in [-0.2, 0) is 32.7 Å². The molecule has 304 valence electrons. The SMILES string of the molecule is CC/C=C\C[C@H](O)/C=C/C=C\C=C\[C@H](O)C/C=C\C/C=C\CCC(=O)O[C@H](COC(=O)CCCCCCCCCCCCC)COP(=O)(O)OCCN. The number of rotatable bonds is 35. The fraction of sp³-hybridized carbons (Fsp3) is 0.659. The molecule has 0 heterocycles. The molecule has 0 aromatic heterocycles. The quantitative estimate of drug-likeness (QED) is 0.0160. The molecule has 0 saturated heterocycles. The summed E-state index contributed by atoms with van der Waals surface area (Å²) in [5.74, 6) is -1.00. The molecule has 0 aromatic carbocycles. The van der Waals surface area contributed by atoms with E-state index in [-0.39, 0.29) is 32.6 Å². The van der Waals surface area contributed by atoms with E-state index in [1.54, 1.807) is 36.5 Å². The number of aliphatic hydroxyl groups excluding tert-OH is 2. The zero-order valence-corrected chi connectivity index (χ0v) is 33.3. The Kier molecular flexibility index (Phi) is 34.5. The minimum Gasteiger partial charge on any atom is -0.462 e. The zero-order chi connectivity index (χ0) is 39.3. The van der Waals surface area contributed by atoms with Crippen LogP contribution in [0.4, 0.5) is 0 Å². The smallest absolute Gasteiger partial charge is 0.462 e. The first kappa shape index (κ1) is 50.4. The summed E-state index contributed by atoms with van der Waals surface area (Å²) in [6.07, 6.45) is 35.9. The lowest BCUT2D eigenvalue weighted by molar-refractivity contribution is -0.161. The molecule has 0 amide bonds. The average Bonchev–Trinajstić information content (AvgIpc) is 3.13. The van der Waals surface area contributed by atoms with Crippen LogP contribution < -0.4 is 5.73 Å². The van der Waals surface area contributed by atoms with Gasteiger partial charge in [0.25, 0.3) is 0 Å². The number of hydrogen-bond acceptors (Lipinski definition) is 10. The zero-order valence-electron chi connectivity index (χ0n) is 32.4. The molecule has 0 spiro atoms. The third-order valence-corrected chi connectivity index (χ3v) is 8.77. The number of allylic oxidation sites excluding steroid dienone is 8. The molecule has 53 heavy (non-hydrogen) atoms. The Morgan fingerprint density at radius 3 is 1.83 bits per heavy atom. The fourth-order valence-corrected chi connectivity index (χ4v) is 5.60.